The predicted molar refractivity (Wildman–Crippen MR) is 78.9 cm³/mol. The van der Waals surface area contributed by atoms with Crippen LogP contribution in [0.1, 0.15) is 21.5 Å². The van der Waals surface area contributed by atoms with Gasteiger partial charge in [-0.25, -0.2) is 8.78 Å². The number of allylic oxidation sites excluding steroid dienone is 1. The maximum Gasteiger partial charge on any atom is 0.199 e. The van der Waals surface area contributed by atoms with E-state index in [1.807, 2.05) is 0 Å². The van der Waals surface area contributed by atoms with E-state index in [0.29, 0.717) is 11.1 Å². The van der Waals surface area contributed by atoms with Crippen molar-refractivity contribution in [1.29, 1.82) is 0 Å². The molecular weight excluding hydrogens is 288 g/mol. The fourth-order valence-corrected chi connectivity index (χ4v) is 2.32. The average molecular weight is 299 g/mol. The summed E-state index contributed by atoms with van der Waals surface area (Å²) in [5.74, 6) is -1.92. The fourth-order valence-electron chi connectivity index (χ4n) is 2.32. The standard InChI is InChI=1S/C17H11F2NO2/c18-14-6-3-7-15(19)12(14)8-20-9-13-16(21)10-4-1-2-5-11(10)17(13)22/h1-7,9,21H,8H2. The predicted octanol–water partition coefficient (Wildman–Crippen LogP) is 3.70. The van der Waals surface area contributed by atoms with E-state index in [2.05, 4.69) is 4.99 Å². The molecule has 1 aliphatic carbocycles. The Labute approximate surface area is 125 Å². The first-order valence-electron chi connectivity index (χ1n) is 6.59. The second-order valence-corrected chi connectivity index (χ2v) is 4.81. The van der Waals surface area contributed by atoms with Gasteiger partial charge in [0.1, 0.15) is 17.4 Å². The molecule has 0 aliphatic heterocycles. The Morgan fingerprint density at radius 3 is 2.27 bits per heavy atom. The van der Waals surface area contributed by atoms with Crippen molar-refractivity contribution < 1.29 is 18.7 Å². The van der Waals surface area contributed by atoms with Gasteiger partial charge in [-0.3, -0.25) is 9.79 Å². The number of halogens is 2. The number of fused-ring (bicyclic) bond motifs is 1. The van der Waals surface area contributed by atoms with Crippen LogP contribution in [0, 0.1) is 11.6 Å². The molecule has 0 radical (unpaired) electrons. The summed E-state index contributed by atoms with van der Waals surface area (Å²) in [5.41, 5.74) is 0.671. The van der Waals surface area contributed by atoms with E-state index in [-0.39, 0.29) is 29.2 Å². The van der Waals surface area contributed by atoms with Crippen molar-refractivity contribution in [1.82, 2.24) is 0 Å². The third-order valence-electron chi connectivity index (χ3n) is 3.46. The Bertz CT molecular complexity index is 805. The maximum absolute atomic E-state index is 13.5. The summed E-state index contributed by atoms with van der Waals surface area (Å²) >= 11 is 0. The maximum atomic E-state index is 13.5. The Morgan fingerprint density at radius 2 is 1.64 bits per heavy atom. The highest BCUT2D eigenvalue weighted by Gasteiger charge is 2.27. The van der Waals surface area contributed by atoms with Crippen LogP contribution in [0.5, 0.6) is 0 Å². The molecule has 1 aliphatic rings. The number of carbonyl (C=O) groups excluding carboxylic acids is 1. The van der Waals surface area contributed by atoms with Crippen molar-refractivity contribution in [2.75, 3.05) is 0 Å². The summed E-state index contributed by atoms with van der Waals surface area (Å²) in [6, 6.07) is 10.2. The third kappa shape index (κ3) is 2.30. The molecule has 2 aromatic carbocycles. The monoisotopic (exact) mass is 299 g/mol. The van der Waals surface area contributed by atoms with Gasteiger partial charge in [0.05, 0.1) is 12.1 Å². The number of Topliss-reactive ketones (excluding diaryl/α,β-unsaturated/α-hetero) is 1. The number of benzene rings is 2. The highest BCUT2D eigenvalue weighted by Crippen LogP contribution is 2.29. The first kappa shape index (κ1) is 14.1. The number of aliphatic hydroxyl groups is 1. The molecule has 5 heteroatoms. The zero-order valence-electron chi connectivity index (χ0n) is 11.4. The van der Waals surface area contributed by atoms with E-state index in [1.165, 1.54) is 6.07 Å². The van der Waals surface area contributed by atoms with E-state index < -0.39 is 11.6 Å². The zero-order chi connectivity index (χ0) is 15.7. The van der Waals surface area contributed by atoms with Crippen LogP contribution in [0.15, 0.2) is 53.0 Å². The highest BCUT2D eigenvalue weighted by molar-refractivity contribution is 6.30. The molecule has 0 amide bonds. The number of hydrogen-bond acceptors (Lipinski definition) is 3. The third-order valence-corrected chi connectivity index (χ3v) is 3.46. The molecule has 0 heterocycles. The first-order chi connectivity index (χ1) is 10.6. The lowest BCUT2D eigenvalue weighted by atomic mass is 10.1. The molecular formula is C17H11F2NO2. The van der Waals surface area contributed by atoms with Gasteiger partial charge in [0.25, 0.3) is 0 Å². The first-order valence-corrected chi connectivity index (χ1v) is 6.59. The van der Waals surface area contributed by atoms with Crippen LogP contribution in [0.4, 0.5) is 8.78 Å². The fraction of sp³-hybridized carbons (Fsp3) is 0.0588. The molecule has 3 nitrogen and oxygen atoms in total. The van der Waals surface area contributed by atoms with Gasteiger partial charge in [-0.05, 0) is 12.1 Å². The molecule has 3 rings (SSSR count). The molecule has 0 atom stereocenters. The van der Waals surface area contributed by atoms with Crippen LogP contribution in [-0.2, 0) is 6.54 Å². The lowest BCUT2D eigenvalue weighted by Gasteiger charge is -2.00. The Kier molecular flexibility index (Phi) is 3.55. The molecule has 0 unspecified atom stereocenters. The summed E-state index contributed by atoms with van der Waals surface area (Å²) in [6.45, 7) is -0.251. The zero-order valence-corrected chi connectivity index (χ0v) is 11.4. The van der Waals surface area contributed by atoms with Gasteiger partial charge in [0.15, 0.2) is 5.78 Å². The van der Waals surface area contributed by atoms with Gasteiger partial charge in [-0.15, -0.1) is 0 Å². The second-order valence-electron chi connectivity index (χ2n) is 4.81. The van der Waals surface area contributed by atoms with Gasteiger partial charge >= 0.3 is 0 Å². The lowest BCUT2D eigenvalue weighted by molar-refractivity contribution is 0.104. The number of hydrogen-bond donors (Lipinski definition) is 1. The molecule has 0 saturated carbocycles. The summed E-state index contributed by atoms with van der Waals surface area (Å²) in [5, 5.41) is 10.0. The van der Waals surface area contributed by atoms with Crippen molar-refractivity contribution in [2.24, 2.45) is 4.99 Å². The van der Waals surface area contributed by atoms with E-state index in [9.17, 15) is 18.7 Å². The van der Waals surface area contributed by atoms with E-state index in [1.54, 1.807) is 24.3 Å². The second kappa shape index (κ2) is 5.52. The minimum atomic E-state index is -0.698. The van der Waals surface area contributed by atoms with Crippen LogP contribution in [0.2, 0.25) is 0 Å². The Hall–Kier alpha value is -2.82. The van der Waals surface area contributed by atoms with Gasteiger partial charge in [-0.1, -0.05) is 30.3 Å². The van der Waals surface area contributed by atoms with Crippen molar-refractivity contribution in [2.45, 2.75) is 6.54 Å². The quantitative estimate of drug-likeness (QED) is 0.878. The molecule has 0 spiro atoms. The lowest BCUT2D eigenvalue weighted by Crippen LogP contribution is -2.01. The molecule has 0 aromatic heterocycles. The topological polar surface area (TPSA) is 49.7 Å². The average Bonchev–Trinajstić information content (AvgIpc) is 2.75. The van der Waals surface area contributed by atoms with E-state index in [4.69, 9.17) is 0 Å². The number of ketones is 1. The smallest absolute Gasteiger partial charge is 0.199 e. The molecule has 1 N–H and O–H groups in total. The van der Waals surface area contributed by atoms with Crippen LogP contribution in [-0.4, -0.2) is 17.1 Å². The number of nitrogens with zero attached hydrogens (tertiary/aromatic N) is 1. The summed E-state index contributed by atoms with van der Waals surface area (Å²) in [7, 11) is 0. The van der Waals surface area contributed by atoms with Gasteiger partial charge in [0, 0.05) is 22.9 Å². The summed E-state index contributed by atoms with van der Waals surface area (Å²) in [6.07, 6.45) is 1.16. The summed E-state index contributed by atoms with van der Waals surface area (Å²) in [4.78, 5) is 16.0. The number of rotatable bonds is 3. The van der Waals surface area contributed by atoms with Crippen LogP contribution in [0.25, 0.3) is 5.76 Å². The molecule has 0 bridgehead atoms. The summed E-state index contributed by atoms with van der Waals surface area (Å²) < 4.78 is 27.0. The minimum absolute atomic E-state index is 0.0259. The molecule has 22 heavy (non-hydrogen) atoms. The van der Waals surface area contributed by atoms with Crippen LogP contribution in [0.3, 0.4) is 0 Å². The molecule has 2 aromatic rings. The van der Waals surface area contributed by atoms with Crippen molar-refractivity contribution in [3.63, 3.8) is 0 Å². The van der Waals surface area contributed by atoms with Crippen molar-refractivity contribution in [3.8, 4) is 0 Å². The van der Waals surface area contributed by atoms with Gasteiger partial charge < -0.3 is 5.11 Å². The normalized spacial score (nSPS) is 14.0. The minimum Gasteiger partial charge on any atom is -0.506 e. The van der Waals surface area contributed by atoms with Crippen molar-refractivity contribution in [3.05, 3.63) is 76.4 Å². The van der Waals surface area contributed by atoms with E-state index in [0.717, 1.165) is 18.3 Å². The van der Waals surface area contributed by atoms with Gasteiger partial charge in [0.2, 0.25) is 0 Å². The number of aliphatic hydroxyl groups excluding tert-OH is 1. The Balaban J connectivity index is 1.86. The van der Waals surface area contributed by atoms with Crippen LogP contribution >= 0.6 is 0 Å². The largest absolute Gasteiger partial charge is 0.506 e. The Morgan fingerprint density at radius 1 is 1.00 bits per heavy atom. The highest BCUT2D eigenvalue weighted by atomic mass is 19.1. The van der Waals surface area contributed by atoms with Crippen LogP contribution < -0.4 is 0 Å². The number of carbonyl (C=O) groups is 1. The van der Waals surface area contributed by atoms with E-state index >= 15 is 0 Å². The van der Waals surface area contributed by atoms with Gasteiger partial charge in [-0.2, -0.15) is 0 Å². The number of aliphatic imine (C=N–C) groups is 1. The SMILES string of the molecule is O=C1C(C=NCc2c(F)cccc2F)=C(O)c2ccccc21. The molecule has 0 saturated heterocycles. The van der Waals surface area contributed by atoms with Crippen molar-refractivity contribution >= 4 is 17.8 Å². The molecule has 110 valence electrons. The molecule has 0 fully saturated rings.